The van der Waals surface area contributed by atoms with Crippen LogP contribution in [0.25, 0.3) is 22.4 Å². The minimum Gasteiger partial charge on any atom is -0.403 e. The molecule has 5 rings (SSSR count). The highest BCUT2D eigenvalue weighted by molar-refractivity contribution is 6.31. The summed E-state index contributed by atoms with van der Waals surface area (Å²) in [5, 5.41) is 0.759. The van der Waals surface area contributed by atoms with Gasteiger partial charge in [-0.2, -0.15) is 0 Å². The fourth-order valence-corrected chi connectivity index (χ4v) is 3.92. The summed E-state index contributed by atoms with van der Waals surface area (Å²) >= 11 is 6.00. The zero-order chi connectivity index (χ0) is 20.1. The molecule has 0 radical (unpaired) electrons. The Morgan fingerprint density at radius 1 is 1.07 bits per heavy atom. The van der Waals surface area contributed by atoms with Crippen LogP contribution < -0.4 is 5.63 Å². The van der Waals surface area contributed by atoms with E-state index in [0.717, 1.165) is 12.8 Å². The molecule has 0 aliphatic carbocycles. The van der Waals surface area contributed by atoms with Gasteiger partial charge in [-0.1, -0.05) is 11.6 Å². The molecule has 8 heteroatoms. The van der Waals surface area contributed by atoms with Crippen molar-refractivity contribution >= 4 is 34.3 Å². The maximum absolute atomic E-state index is 12.8. The van der Waals surface area contributed by atoms with Crippen LogP contribution in [0.2, 0.25) is 5.02 Å². The van der Waals surface area contributed by atoms with Gasteiger partial charge in [0.1, 0.15) is 0 Å². The maximum atomic E-state index is 12.8. The first-order valence-electron chi connectivity index (χ1n) is 9.24. The van der Waals surface area contributed by atoms with Crippen molar-refractivity contribution in [3.63, 3.8) is 0 Å². The number of carbonyl (C=O) groups is 2. The van der Waals surface area contributed by atoms with E-state index >= 15 is 0 Å². The second-order valence-electron chi connectivity index (χ2n) is 7.08. The lowest BCUT2D eigenvalue weighted by molar-refractivity contribution is 0.0475. The summed E-state index contributed by atoms with van der Waals surface area (Å²) in [6.45, 7) is 0.887. The number of imide groups is 1. The lowest BCUT2D eigenvalue weighted by atomic mass is 10.1. The fraction of sp³-hybridized carbons (Fsp3) is 0.238. The molecule has 1 saturated heterocycles. The Bertz CT molecular complexity index is 1230. The van der Waals surface area contributed by atoms with Crippen LogP contribution in [0, 0.1) is 0 Å². The van der Waals surface area contributed by atoms with Crippen LogP contribution in [0.4, 0.5) is 0 Å². The predicted molar refractivity (Wildman–Crippen MR) is 105 cm³/mol. The third-order valence-corrected chi connectivity index (χ3v) is 5.45. The largest absolute Gasteiger partial charge is 0.403 e. The number of fused-ring (bicyclic) bond motifs is 2. The zero-order valence-electron chi connectivity index (χ0n) is 15.2. The second kappa shape index (κ2) is 6.79. The van der Waals surface area contributed by atoms with Crippen LogP contribution in [-0.2, 0) is 4.74 Å². The maximum Gasteiger partial charge on any atom is 0.347 e. The van der Waals surface area contributed by atoms with Crippen molar-refractivity contribution in [1.29, 1.82) is 0 Å². The quantitative estimate of drug-likeness (QED) is 0.615. The van der Waals surface area contributed by atoms with Gasteiger partial charge in [0, 0.05) is 17.2 Å². The van der Waals surface area contributed by atoms with E-state index in [4.69, 9.17) is 20.8 Å². The molecule has 0 bridgehead atoms. The third kappa shape index (κ3) is 3.03. The number of aromatic nitrogens is 1. The average molecular weight is 411 g/mol. The van der Waals surface area contributed by atoms with E-state index in [1.165, 1.54) is 11.0 Å². The van der Waals surface area contributed by atoms with Crippen LogP contribution in [-0.4, -0.2) is 41.0 Å². The molecule has 2 aromatic carbocycles. The monoisotopic (exact) mass is 410 g/mol. The van der Waals surface area contributed by atoms with E-state index in [1.807, 2.05) is 0 Å². The summed E-state index contributed by atoms with van der Waals surface area (Å²) in [6.07, 6.45) is 1.63. The number of rotatable bonds is 3. The number of hydrogen-bond acceptors (Lipinski definition) is 6. The van der Waals surface area contributed by atoms with Crippen molar-refractivity contribution < 1.29 is 18.7 Å². The molecular weight excluding hydrogens is 396 g/mol. The molecule has 7 nitrogen and oxygen atoms in total. The summed E-state index contributed by atoms with van der Waals surface area (Å²) in [5.74, 6) is -0.661. The first-order valence-corrected chi connectivity index (χ1v) is 9.62. The minimum absolute atomic E-state index is 0.0605. The van der Waals surface area contributed by atoms with E-state index in [2.05, 4.69) is 4.98 Å². The number of hydrogen-bond donors (Lipinski definition) is 0. The Morgan fingerprint density at radius 3 is 2.69 bits per heavy atom. The van der Waals surface area contributed by atoms with Crippen molar-refractivity contribution in [2.75, 3.05) is 13.2 Å². The highest BCUT2D eigenvalue weighted by atomic mass is 35.5. The molecule has 1 fully saturated rings. The highest BCUT2D eigenvalue weighted by Gasteiger charge is 2.37. The second-order valence-corrected chi connectivity index (χ2v) is 7.52. The molecule has 0 spiro atoms. The van der Waals surface area contributed by atoms with Crippen molar-refractivity contribution in [3.05, 3.63) is 63.0 Å². The van der Waals surface area contributed by atoms with Gasteiger partial charge in [-0.15, -0.1) is 0 Å². The van der Waals surface area contributed by atoms with Gasteiger partial charge < -0.3 is 9.15 Å². The molecule has 29 heavy (non-hydrogen) atoms. The molecule has 146 valence electrons. The fourth-order valence-electron chi connectivity index (χ4n) is 3.75. The molecule has 1 atom stereocenters. The van der Waals surface area contributed by atoms with E-state index < -0.39 is 5.63 Å². The number of carbonyl (C=O) groups excluding carboxylic acids is 2. The molecule has 3 heterocycles. The predicted octanol–water partition coefficient (Wildman–Crippen LogP) is 3.28. The van der Waals surface area contributed by atoms with Gasteiger partial charge in [0.15, 0.2) is 0 Å². The number of halogens is 1. The van der Waals surface area contributed by atoms with Crippen LogP contribution in [0.15, 0.2) is 45.6 Å². The van der Waals surface area contributed by atoms with Crippen molar-refractivity contribution in [1.82, 2.24) is 9.88 Å². The van der Waals surface area contributed by atoms with Gasteiger partial charge in [-0.3, -0.25) is 14.5 Å². The lowest BCUT2D eigenvalue weighted by Gasteiger charge is -2.17. The van der Waals surface area contributed by atoms with Gasteiger partial charge in [0.25, 0.3) is 11.8 Å². The smallest absolute Gasteiger partial charge is 0.347 e. The Kier molecular flexibility index (Phi) is 4.22. The summed E-state index contributed by atoms with van der Waals surface area (Å²) < 4.78 is 10.9. The number of ether oxygens (including phenoxy) is 1. The van der Waals surface area contributed by atoms with Gasteiger partial charge >= 0.3 is 5.63 Å². The Balaban J connectivity index is 1.53. The van der Waals surface area contributed by atoms with E-state index in [0.29, 0.717) is 33.7 Å². The molecule has 3 aromatic rings. The summed E-state index contributed by atoms with van der Waals surface area (Å²) in [4.78, 5) is 43.3. The zero-order valence-corrected chi connectivity index (χ0v) is 15.9. The number of nitrogens with zero attached hydrogens (tertiary/aromatic N) is 2. The first kappa shape index (κ1) is 18.0. The van der Waals surface area contributed by atoms with Crippen molar-refractivity contribution in [2.45, 2.75) is 18.9 Å². The molecule has 0 N–H and O–H groups in total. The summed E-state index contributed by atoms with van der Waals surface area (Å²) in [6, 6.07) is 9.42. The van der Waals surface area contributed by atoms with Crippen LogP contribution >= 0.6 is 11.6 Å². The van der Waals surface area contributed by atoms with Gasteiger partial charge in [0.2, 0.25) is 5.89 Å². The van der Waals surface area contributed by atoms with E-state index in [9.17, 15) is 14.4 Å². The SMILES string of the molecule is O=C1c2ccc(-c3nc4cc(Cl)ccc4c(=O)o3)cc2C(=O)N1C[C@H]1CCCO1. The third-order valence-electron chi connectivity index (χ3n) is 5.22. The van der Waals surface area contributed by atoms with E-state index in [1.54, 1.807) is 30.3 Å². The standard InChI is InChI=1S/C21H15ClN2O5/c22-12-4-6-15-17(9-12)23-18(29-21(15)27)11-3-5-14-16(8-11)20(26)24(19(14)25)10-13-2-1-7-28-13/h3-6,8-9,13H,1-2,7,10H2/t13-/m1/s1. The van der Waals surface area contributed by atoms with Gasteiger partial charge in [0.05, 0.1) is 34.7 Å². The number of benzene rings is 2. The molecule has 2 aliphatic heterocycles. The normalized spacial score (nSPS) is 18.7. The van der Waals surface area contributed by atoms with E-state index in [-0.39, 0.29) is 35.9 Å². The molecule has 1 aromatic heterocycles. The molecule has 2 amide bonds. The Labute approximate surface area is 169 Å². The first-order chi connectivity index (χ1) is 14.0. The topological polar surface area (TPSA) is 89.7 Å². The van der Waals surface area contributed by atoms with Crippen LogP contribution in [0.1, 0.15) is 33.6 Å². The van der Waals surface area contributed by atoms with Crippen LogP contribution in [0.5, 0.6) is 0 Å². The molecule has 2 aliphatic rings. The minimum atomic E-state index is -0.551. The Hall–Kier alpha value is -3.03. The highest BCUT2D eigenvalue weighted by Crippen LogP contribution is 2.29. The lowest BCUT2D eigenvalue weighted by Crippen LogP contribution is -2.36. The van der Waals surface area contributed by atoms with Gasteiger partial charge in [-0.05, 0) is 49.2 Å². The molecular formula is C21H15ClN2O5. The van der Waals surface area contributed by atoms with Gasteiger partial charge in [-0.25, -0.2) is 9.78 Å². The number of amides is 2. The molecule has 0 saturated carbocycles. The Morgan fingerprint density at radius 2 is 1.90 bits per heavy atom. The average Bonchev–Trinajstić information content (AvgIpc) is 3.30. The summed E-state index contributed by atoms with van der Waals surface area (Å²) in [7, 11) is 0. The molecule has 0 unspecified atom stereocenters. The van der Waals surface area contributed by atoms with Crippen molar-refractivity contribution in [2.24, 2.45) is 0 Å². The van der Waals surface area contributed by atoms with Crippen molar-refractivity contribution in [3.8, 4) is 11.5 Å². The summed E-state index contributed by atoms with van der Waals surface area (Å²) in [5.41, 5.74) is 0.864. The van der Waals surface area contributed by atoms with Crippen LogP contribution in [0.3, 0.4) is 0 Å².